The summed E-state index contributed by atoms with van der Waals surface area (Å²) in [6, 6.07) is 6.68. The van der Waals surface area contributed by atoms with E-state index in [0.29, 0.717) is 24.0 Å². The molecular weight excluding hydrogens is 470 g/mol. The van der Waals surface area contributed by atoms with Crippen LogP contribution in [0.25, 0.3) is 0 Å². The van der Waals surface area contributed by atoms with E-state index < -0.39 is 29.7 Å². The average molecular weight is 510 g/mol. The predicted molar refractivity (Wildman–Crippen MR) is 136 cm³/mol. The summed E-state index contributed by atoms with van der Waals surface area (Å²) in [5, 5.41) is 15.5. The molecular formula is C26H40ClN3O5. The van der Waals surface area contributed by atoms with Gasteiger partial charge >= 0.3 is 12.0 Å². The zero-order valence-corrected chi connectivity index (χ0v) is 22.6. The minimum atomic E-state index is -1.25. The monoisotopic (exact) mass is 509 g/mol. The SMILES string of the molecule is CC(O)C(=O)OC(C)(C)CNC(=O)NC(C(=O)N1CCC(c2ccc(Cl)cc2)C(C)(C)C1)C(C)C. The summed E-state index contributed by atoms with van der Waals surface area (Å²) >= 11 is 6.05. The first-order valence-corrected chi connectivity index (χ1v) is 12.5. The van der Waals surface area contributed by atoms with Crippen LogP contribution in [-0.2, 0) is 14.3 Å². The van der Waals surface area contributed by atoms with Gasteiger partial charge in [0.05, 0.1) is 6.54 Å². The number of rotatable bonds is 8. The molecule has 1 saturated heterocycles. The van der Waals surface area contributed by atoms with Crippen molar-refractivity contribution in [2.75, 3.05) is 19.6 Å². The summed E-state index contributed by atoms with van der Waals surface area (Å²) in [7, 11) is 0. The molecule has 8 nitrogen and oxygen atoms in total. The highest BCUT2D eigenvalue weighted by Gasteiger charge is 2.40. The van der Waals surface area contributed by atoms with E-state index in [-0.39, 0.29) is 23.8 Å². The van der Waals surface area contributed by atoms with Crippen LogP contribution < -0.4 is 10.6 Å². The molecule has 3 N–H and O–H groups in total. The fraction of sp³-hybridized carbons (Fsp3) is 0.654. The molecule has 0 aliphatic carbocycles. The van der Waals surface area contributed by atoms with Crippen LogP contribution in [0.3, 0.4) is 0 Å². The molecule has 1 fully saturated rings. The maximum Gasteiger partial charge on any atom is 0.335 e. The number of hydrogen-bond donors (Lipinski definition) is 3. The van der Waals surface area contributed by atoms with E-state index in [2.05, 4.69) is 36.6 Å². The molecule has 1 aliphatic rings. The van der Waals surface area contributed by atoms with Crippen molar-refractivity contribution in [3.8, 4) is 0 Å². The average Bonchev–Trinajstić information content (AvgIpc) is 2.75. The van der Waals surface area contributed by atoms with E-state index in [0.717, 1.165) is 6.42 Å². The fourth-order valence-corrected chi connectivity index (χ4v) is 4.57. The lowest BCUT2D eigenvalue weighted by molar-refractivity contribution is -0.165. The Hall–Kier alpha value is -2.32. The number of halogens is 1. The number of urea groups is 1. The van der Waals surface area contributed by atoms with Crippen molar-refractivity contribution in [3.63, 3.8) is 0 Å². The molecule has 1 aromatic rings. The molecule has 3 amide bonds. The van der Waals surface area contributed by atoms with Crippen molar-refractivity contribution in [1.82, 2.24) is 15.5 Å². The minimum absolute atomic E-state index is 0.0236. The van der Waals surface area contributed by atoms with Crippen LogP contribution in [0.2, 0.25) is 5.02 Å². The Kier molecular flexibility index (Phi) is 9.59. The van der Waals surface area contributed by atoms with Crippen molar-refractivity contribution in [2.24, 2.45) is 11.3 Å². The summed E-state index contributed by atoms with van der Waals surface area (Å²) in [6.45, 7) is 13.9. The number of esters is 1. The number of piperidine rings is 1. The Bertz CT molecular complexity index is 899. The second kappa shape index (κ2) is 11.6. The zero-order chi connectivity index (χ0) is 26.6. The van der Waals surface area contributed by atoms with Gasteiger partial charge in [-0.05, 0) is 62.1 Å². The van der Waals surface area contributed by atoms with Gasteiger partial charge in [-0.2, -0.15) is 0 Å². The Morgan fingerprint density at radius 2 is 1.80 bits per heavy atom. The Morgan fingerprint density at radius 3 is 2.31 bits per heavy atom. The summed E-state index contributed by atoms with van der Waals surface area (Å²) in [5.41, 5.74) is 0.0443. The van der Waals surface area contributed by atoms with E-state index >= 15 is 0 Å². The Morgan fingerprint density at radius 1 is 1.20 bits per heavy atom. The number of hydrogen-bond acceptors (Lipinski definition) is 5. The van der Waals surface area contributed by atoms with Gasteiger partial charge in [0.2, 0.25) is 5.91 Å². The number of ether oxygens (including phenoxy) is 1. The van der Waals surface area contributed by atoms with Crippen molar-refractivity contribution < 1.29 is 24.2 Å². The van der Waals surface area contributed by atoms with Gasteiger partial charge in [0.15, 0.2) is 0 Å². The molecule has 0 bridgehead atoms. The quantitative estimate of drug-likeness (QED) is 0.463. The molecule has 0 spiro atoms. The topological polar surface area (TPSA) is 108 Å². The first-order valence-electron chi connectivity index (χ1n) is 12.1. The van der Waals surface area contributed by atoms with E-state index in [9.17, 15) is 19.5 Å². The minimum Gasteiger partial charge on any atom is -0.456 e. The number of likely N-dealkylation sites (tertiary alicyclic amines) is 1. The molecule has 1 heterocycles. The molecule has 35 heavy (non-hydrogen) atoms. The number of carbonyl (C=O) groups is 3. The lowest BCUT2D eigenvalue weighted by Crippen LogP contribution is -2.58. The number of aliphatic hydroxyl groups is 1. The standard InChI is InChI=1S/C26H40ClN3O5/c1-16(2)21(29-24(34)28-14-26(6,7)35-23(33)17(3)31)22(32)30-13-12-20(25(4,5)15-30)18-8-10-19(27)11-9-18/h8-11,16-17,20-21,31H,12-15H2,1-7H3,(H2,28,29,34). The van der Waals surface area contributed by atoms with E-state index in [1.807, 2.05) is 30.9 Å². The highest BCUT2D eigenvalue weighted by Crippen LogP contribution is 2.42. The maximum atomic E-state index is 13.4. The number of benzene rings is 1. The summed E-state index contributed by atoms with van der Waals surface area (Å²) in [5.74, 6) is -0.704. The second-order valence-corrected chi connectivity index (χ2v) is 11.5. The molecule has 0 aromatic heterocycles. The molecule has 0 radical (unpaired) electrons. The largest absolute Gasteiger partial charge is 0.456 e. The van der Waals surface area contributed by atoms with Gasteiger partial charge in [0, 0.05) is 18.1 Å². The third kappa shape index (κ3) is 8.10. The zero-order valence-electron chi connectivity index (χ0n) is 21.9. The number of amides is 3. The molecule has 3 atom stereocenters. The van der Waals surface area contributed by atoms with Crippen LogP contribution in [0.4, 0.5) is 4.79 Å². The number of nitrogens with one attached hydrogen (secondary N) is 2. The maximum absolute atomic E-state index is 13.4. The van der Waals surface area contributed by atoms with Crippen LogP contribution in [0, 0.1) is 11.3 Å². The van der Waals surface area contributed by atoms with E-state index in [1.54, 1.807) is 13.8 Å². The molecule has 1 aromatic carbocycles. The highest BCUT2D eigenvalue weighted by atomic mass is 35.5. The van der Waals surface area contributed by atoms with Crippen molar-refractivity contribution in [1.29, 1.82) is 0 Å². The van der Waals surface area contributed by atoms with Gasteiger partial charge in [-0.15, -0.1) is 0 Å². The Balaban J connectivity index is 2.00. The van der Waals surface area contributed by atoms with Crippen LogP contribution in [0.5, 0.6) is 0 Å². The van der Waals surface area contributed by atoms with Gasteiger partial charge in [-0.1, -0.05) is 51.4 Å². The lowest BCUT2D eigenvalue weighted by Gasteiger charge is -2.45. The van der Waals surface area contributed by atoms with E-state index in [4.69, 9.17) is 16.3 Å². The number of carbonyl (C=O) groups excluding carboxylic acids is 3. The molecule has 196 valence electrons. The van der Waals surface area contributed by atoms with Crippen LogP contribution in [-0.4, -0.2) is 65.3 Å². The summed E-state index contributed by atoms with van der Waals surface area (Å²) in [4.78, 5) is 39.5. The first-order chi connectivity index (χ1) is 16.1. The van der Waals surface area contributed by atoms with Gasteiger partial charge in [0.25, 0.3) is 0 Å². The summed E-state index contributed by atoms with van der Waals surface area (Å²) in [6.07, 6.45) is -0.431. The molecule has 3 unspecified atom stereocenters. The molecule has 1 aliphatic heterocycles. The molecule has 0 saturated carbocycles. The van der Waals surface area contributed by atoms with Gasteiger partial charge < -0.3 is 25.4 Å². The Labute approximate surface area is 213 Å². The predicted octanol–water partition coefficient (Wildman–Crippen LogP) is 3.71. The van der Waals surface area contributed by atoms with Crippen LogP contribution in [0.15, 0.2) is 24.3 Å². The van der Waals surface area contributed by atoms with Crippen molar-refractivity contribution in [2.45, 2.75) is 78.6 Å². The smallest absolute Gasteiger partial charge is 0.335 e. The van der Waals surface area contributed by atoms with Gasteiger partial charge in [0.1, 0.15) is 17.7 Å². The second-order valence-electron chi connectivity index (χ2n) is 11.0. The number of aliphatic hydroxyl groups excluding tert-OH is 1. The van der Waals surface area contributed by atoms with Crippen molar-refractivity contribution >= 4 is 29.5 Å². The van der Waals surface area contributed by atoms with E-state index in [1.165, 1.54) is 12.5 Å². The van der Waals surface area contributed by atoms with Crippen LogP contribution in [0.1, 0.15) is 66.4 Å². The first kappa shape index (κ1) is 28.9. The van der Waals surface area contributed by atoms with Gasteiger partial charge in [-0.25, -0.2) is 9.59 Å². The molecule has 9 heteroatoms. The number of nitrogens with zero attached hydrogens (tertiary/aromatic N) is 1. The summed E-state index contributed by atoms with van der Waals surface area (Å²) < 4.78 is 5.21. The third-order valence-corrected chi connectivity index (χ3v) is 6.68. The normalized spacial score (nSPS) is 19.6. The lowest BCUT2D eigenvalue weighted by atomic mass is 9.70. The molecule has 2 rings (SSSR count). The van der Waals surface area contributed by atoms with Crippen LogP contribution >= 0.6 is 11.6 Å². The van der Waals surface area contributed by atoms with Crippen molar-refractivity contribution in [3.05, 3.63) is 34.9 Å². The highest BCUT2D eigenvalue weighted by molar-refractivity contribution is 6.30. The fourth-order valence-electron chi connectivity index (χ4n) is 4.45. The third-order valence-electron chi connectivity index (χ3n) is 6.43. The van der Waals surface area contributed by atoms with Gasteiger partial charge in [-0.3, -0.25) is 4.79 Å².